The van der Waals surface area contributed by atoms with Gasteiger partial charge in [-0.1, -0.05) is 6.92 Å². The van der Waals surface area contributed by atoms with Crippen LogP contribution in [-0.4, -0.2) is 54.1 Å². The highest BCUT2D eigenvalue weighted by atomic mass is 35.5. The average Bonchev–Trinajstić information content (AvgIpc) is 2.79. The minimum Gasteiger partial charge on any atom is -0.381 e. The summed E-state index contributed by atoms with van der Waals surface area (Å²) >= 11 is 5.94. The van der Waals surface area contributed by atoms with E-state index >= 15 is 0 Å². The first kappa shape index (κ1) is 15.4. The van der Waals surface area contributed by atoms with Crippen molar-refractivity contribution in [3.8, 4) is 0 Å². The number of rotatable bonds is 3. The van der Waals surface area contributed by atoms with Crippen molar-refractivity contribution in [1.29, 1.82) is 0 Å². The van der Waals surface area contributed by atoms with Crippen LogP contribution in [0.1, 0.15) is 20.3 Å². The molecule has 2 aliphatic rings. The molecular weight excluding hydrogens is 282 g/mol. The van der Waals surface area contributed by atoms with Gasteiger partial charge in [0, 0.05) is 38.7 Å². The molecule has 0 saturated carbocycles. The molecule has 2 rings (SSSR count). The predicted molar refractivity (Wildman–Crippen MR) is 76.8 cm³/mol. The van der Waals surface area contributed by atoms with Gasteiger partial charge in [-0.25, -0.2) is 0 Å². The molecule has 0 aliphatic carbocycles. The van der Waals surface area contributed by atoms with E-state index in [9.17, 15) is 10.1 Å². The van der Waals surface area contributed by atoms with Gasteiger partial charge in [-0.2, -0.15) is 0 Å². The highest BCUT2D eigenvalue weighted by molar-refractivity contribution is 6.28. The minimum absolute atomic E-state index is 0.252. The first-order valence-electron chi connectivity index (χ1n) is 7.01. The summed E-state index contributed by atoms with van der Waals surface area (Å²) in [5.41, 5.74) is 0. The summed E-state index contributed by atoms with van der Waals surface area (Å²) in [7, 11) is 1.86. The topological polar surface area (TPSA) is 58.9 Å². The SMILES string of the molecule is CC1COCC1CN1C(=C(Cl)[N+](=O)[O-])N(C)CCC1C. The van der Waals surface area contributed by atoms with Gasteiger partial charge >= 0.3 is 5.16 Å². The van der Waals surface area contributed by atoms with Crippen LogP contribution in [-0.2, 0) is 4.74 Å². The predicted octanol–water partition coefficient (Wildman–Crippen LogP) is 1.94. The third-order valence-electron chi connectivity index (χ3n) is 4.34. The number of hydrogen-bond acceptors (Lipinski definition) is 5. The van der Waals surface area contributed by atoms with Crippen molar-refractivity contribution in [3.05, 3.63) is 21.1 Å². The Morgan fingerprint density at radius 1 is 1.50 bits per heavy atom. The number of hydrogen-bond donors (Lipinski definition) is 0. The summed E-state index contributed by atoms with van der Waals surface area (Å²) in [4.78, 5) is 14.5. The fourth-order valence-corrected chi connectivity index (χ4v) is 3.14. The molecule has 2 heterocycles. The van der Waals surface area contributed by atoms with Crippen molar-refractivity contribution in [2.45, 2.75) is 26.3 Å². The molecule has 0 aromatic carbocycles. The Kier molecular flexibility index (Phi) is 4.75. The summed E-state index contributed by atoms with van der Waals surface area (Å²) in [6, 6.07) is 0.252. The van der Waals surface area contributed by atoms with Crippen LogP contribution in [0.25, 0.3) is 0 Å². The molecule has 2 aliphatic heterocycles. The van der Waals surface area contributed by atoms with Gasteiger partial charge in [0.2, 0.25) is 0 Å². The standard InChI is InChI=1S/C13H22ClN3O3/c1-9-7-20-8-11(9)6-16-10(2)4-5-15(3)13(16)12(14)17(18)19/h9-11H,4-8H2,1-3H3. The summed E-state index contributed by atoms with van der Waals surface area (Å²) in [5.74, 6) is 1.41. The third-order valence-corrected chi connectivity index (χ3v) is 4.65. The molecule has 20 heavy (non-hydrogen) atoms. The Hall–Kier alpha value is -1.01. The molecule has 3 unspecified atom stereocenters. The quantitative estimate of drug-likeness (QED) is 0.453. The van der Waals surface area contributed by atoms with E-state index in [0.29, 0.717) is 17.7 Å². The molecule has 114 valence electrons. The Balaban J connectivity index is 2.24. The van der Waals surface area contributed by atoms with Crippen LogP contribution in [0.5, 0.6) is 0 Å². The molecule has 0 radical (unpaired) electrons. The van der Waals surface area contributed by atoms with E-state index in [1.165, 1.54) is 0 Å². The molecule has 0 bridgehead atoms. The summed E-state index contributed by atoms with van der Waals surface area (Å²) in [5, 5.41) is 10.7. The third kappa shape index (κ3) is 3.01. The first-order chi connectivity index (χ1) is 9.41. The second-order valence-corrected chi connectivity index (χ2v) is 6.22. The maximum Gasteiger partial charge on any atom is 0.377 e. The van der Waals surface area contributed by atoms with Crippen LogP contribution in [0.15, 0.2) is 11.0 Å². The highest BCUT2D eigenvalue weighted by Gasteiger charge is 2.36. The van der Waals surface area contributed by atoms with E-state index in [1.807, 2.05) is 11.9 Å². The van der Waals surface area contributed by atoms with E-state index in [4.69, 9.17) is 16.3 Å². The monoisotopic (exact) mass is 303 g/mol. The largest absolute Gasteiger partial charge is 0.381 e. The van der Waals surface area contributed by atoms with Crippen molar-refractivity contribution in [2.75, 3.05) is 33.4 Å². The lowest BCUT2D eigenvalue weighted by atomic mass is 9.96. The molecule has 6 nitrogen and oxygen atoms in total. The van der Waals surface area contributed by atoms with Crippen LogP contribution < -0.4 is 0 Å². The van der Waals surface area contributed by atoms with Gasteiger partial charge in [-0.3, -0.25) is 10.1 Å². The van der Waals surface area contributed by atoms with Gasteiger partial charge in [0.25, 0.3) is 0 Å². The number of nitrogens with zero attached hydrogens (tertiary/aromatic N) is 3. The molecule has 0 amide bonds. The summed E-state index contributed by atoms with van der Waals surface area (Å²) < 4.78 is 5.49. The second-order valence-electron chi connectivity index (χ2n) is 5.86. The molecule has 2 saturated heterocycles. The van der Waals surface area contributed by atoms with Gasteiger partial charge in [-0.15, -0.1) is 0 Å². The molecule has 2 fully saturated rings. The van der Waals surface area contributed by atoms with Gasteiger partial charge in [-0.05, 0) is 30.9 Å². The second kappa shape index (κ2) is 6.18. The van der Waals surface area contributed by atoms with Gasteiger partial charge in [0.05, 0.1) is 11.5 Å². The smallest absolute Gasteiger partial charge is 0.377 e. The van der Waals surface area contributed by atoms with Crippen LogP contribution in [0.3, 0.4) is 0 Å². The minimum atomic E-state index is -0.507. The maximum absolute atomic E-state index is 11.0. The Labute approximate surface area is 124 Å². The zero-order valence-corrected chi connectivity index (χ0v) is 13.0. The molecule has 7 heteroatoms. The lowest BCUT2D eigenvalue weighted by Crippen LogP contribution is -2.49. The molecule has 3 atom stereocenters. The van der Waals surface area contributed by atoms with E-state index in [0.717, 1.165) is 32.7 Å². The fraction of sp³-hybridized carbons (Fsp3) is 0.846. The summed E-state index contributed by atoms with van der Waals surface area (Å²) in [6.45, 7) is 7.29. The van der Waals surface area contributed by atoms with E-state index in [1.54, 1.807) is 0 Å². The van der Waals surface area contributed by atoms with Crippen LogP contribution >= 0.6 is 11.6 Å². The lowest BCUT2D eigenvalue weighted by molar-refractivity contribution is -0.415. The zero-order chi connectivity index (χ0) is 14.9. The van der Waals surface area contributed by atoms with Crippen molar-refractivity contribution in [2.24, 2.45) is 11.8 Å². The first-order valence-corrected chi connectivity index (χ1v) is 7.39. The van der Waals surface area contributed by atoms with Gasteiger partial charge < -0.3 is 14.5 Å². The van der Waals surface area contributed by atoms with Crippen LogP contribution in [0.4, 0.5) is 0 Å². The van der Waals surface area contributed by atoms with E-state index in [2.05, 4.69) is 18.7 Å². The number of ether oxygens (including phenoxy) is 1. The van der Waals surface area contributed by atoms with Crippen LogP contribution in [0, 0.1) is 22.0 Å². The Morgan fingerprint density at radius 3 is 2.75 bits per heavy atom. The maximum atomic E-state index is 11.0. The molecule has 0 N–H and O–H groups in total. The Bertz CT molecular complexity index is 416. The fourth-order valence-electron chi connectivity index (χ4n) is 2.89. The van der Waals surface area contributed by atoms with E-state index < -0.39 is 4.92 Å². The van der Waals surface area contributed by atoms with Crippen molar-refractivity contribution < 1.29 is 9.66 Å². The van der Waals surface area contributed by atoms with Gasteiger partial charge in [0.1, 0.15) is 0 Å². The van der Waals surface area contributed by atoms with Crippen molar-refractivity contribution in [3.63, 3.8) is 0 Å². The number of nitro groups is 1. The van der Waals surface area contributed by atoms with E-state index in [-0.39, 0.29) is 11.2 Å². The summed E-state index contributed by atoms with van der Waals surface area (Å²) in [6.07, 6.45) is 0.976. The molecule has 0 aromatic heterocycles. The molecular formula is C13H22ClN3O3. The van der Waals surface area contributed by atoms with Gasteiger partial charge in [0.15, 0.2) is 5.82 Å². The van der Waals surface area contributed by atoms with Crippen LogP contribution in [0.2, 0.25) is 0 Å². The zero-order valence-electron chi connectivity index (χ0n) is 12.2. The lowest BCUT2D eigenvalue weighted by Gasteiger charge is -2.43. The average molecular weight is 304 g/mol. The molecule has 0 spiro atoms. The van der Waals surface area contributed by atoms with Crippen molar-refractivity contribution in [1.82, 2.24) is 9.80 Å². The molecule has 0 aromatic rings. The normalized spacial score (nSPS) is 33.5. The number of halogens is 1. The Morgan fingerprint density at radius 2 is 2.20 bits per heavy atom. The highest BCUT2D eigenvalue weighted by Crippen LogP contribution is 2.30. The van der Waals surface area contributed by atoms with Crippen molar-refractivity contribution >= 4 is 11.6 Å².